The third-order valence-corrected chi connectivity index (χ3v) is 3.50. The van der Waals surface area contributed by atoms with Crippen LogP contribution in [0, 0.1) is 6.92 Å². The molecule has 1 heterocycles. The van der Waals surface area contributed by atoms with E-state index in [1.807, 2.05) is 0 Å². The molecular formula is C18H27N5O6. The molecule has 1 aromatic rings. The zero-order chi connectivity index (χ0) is 21.5. The number of hydrogen-bond acceptors (Lipinski definition) is 7. The molecule has 0 aromatic carbocycles. The molecule has 0 aliphatic heterocycles. The number of urea groups is 1. The number of ether oxygens (including phenoxy) is 2. The fourth-order valence-corrected chi connectivity index (χ4v) is 2.17. The first kappa shape index (κ1) is 23.7. The number of anilines is 1. The number of aromatic nitrogens is 2. The summed E-state index contributed by atoms with van der Waals surface area (Å²) in [6, 6.07) is 0.889. The monoisotopic (exact) mass is 409 g/mol. The second-order valence-corrected chi connectivity index (χ2v) is 5.98. The zero-order valence-corrected chi connectivity index (χ0v) is 16.4. The number of hydrogen-bond donors (Lipinski definition) is 4. The Hall–Kier alpha value is -3.37. The van der Waals surface area contributed by atoms with Crippen LogP contribution >= 0.6 is 0 Å². The molecule has 0 unspecified atom stereocenters. The lowest BCUT2D eigenvalue weighted by atomic mass is 10.2. The SMILES string of the molecule is C=CC(=O)OCCOC(=O)NCCCCCCNC(=O)Nc1nc(=O)cc(C)[nH]1. The van der Waals surface area contributed by atoms with Crippen molar-refractivity contribution in [2.24, 2.45) is 0 Å². The van der Waals surface area contributed by atoms with Gasteiger partial charge < -0.3 is 25.1 Å². The van der Waals surface area contributed by atoms with Crippen molar-refractivity contribution in [1.82, 2.24) is 20.6 Å². The van der Waals surface area contributed by atoms with Crippen LogP contribution in [-0.2, 0) is 14.3 Å². The van der Waals surface area contributed by atoms with Crippen LogP contribution in [0.15, 0.2) is 23.5 Å². The standard InChI is InChI=1S/C18H27N5O6/c1-3-15(25)28-10-11-29-18(27)20-9-7-5-4-6-8-19-17(26)23-16-21-13(2)12-14(24)22-16/h3,12H,1,4-11H2,2H3,(H,20,27)(H3,19,21,22,23,24,26). The minimum absolute atomic E-state index is 0.0190. The molecule has 4 N–H and O–H groups in total. The number of esters is 1. The van der Waals surface area contributed by atoms with E-state index in [4.69, 9.17) is 4.74 Å². The van der Waals surface area contributed by atoms with Gasteiger partial charge in [-0.1, -0.05) is 19.4 Å². The number of aromatic amines is 1. The fraction of sp³-hybridized carbons (Fsp3) is 0.500. The Bertz CT molecular complexity index is 749. The van der Waals surface area contributed by atoms with Crippen molar-refractivity contribution >= 4 is 24.0 Å². The molecule has 0 saturated carbocycles. The van der Waals surface area contributed by atoms with Crippen molar-refractivity contribution in [3.8, 4) is 0 Å². The van der Waals surface area contributed by atoms with Gasteiger partial charge >= 0.3 is 18.1 Å². The van der Waals surface area contributed by atoms with Crippen LogP contribution < -0.4 is 21.5 Å². The molecule has 11 nitrogen and oxygen atoms in total. The van der Waals surface area contributed by atoms with Crippen molar-refractivity contribution in [2.75, 3.05) is 31.6 Å². The zero-order valence-electron chi connectivity index (χ0n) is 16.4. The molecule has 0 atom stereocenters. The van der Waals surface area contributed by atoms with E-state index >= 15 is 0 Å². The van der Waals surface area contributed by atoms with E-state index in [1.54, 1.807) is 6.92 Å². The van der Waals surface area contributed by atoms with Crippen LogP contribution in [-0.4, -0.2) is 54.4 Å². The number of aryl methyl sites for hydroxylation is 1. The van der Waals surface area contributed by atoms with Gasteiger partial charge in [0.25, 0.3) is 5.56 Å². The van der Waals surface area contributed by atoms with Crippen LogP contribution in [0.3, 0.4) is 0 Å². The fourth-order valence-electron chi connectivity index (χ4n) is 2.17. The van der Waals surface area contributed by atoms with E-state index in [2.05, 4.69) is 37.2 Å². The molecule has 0 aliphatic rings. The third-order valence-electron chi connectivity index (χ3n) is 3.50. The molecular weight excluding hydrogens is 382 g/mol. The number of nitrogens with one attached hydrogen (secondary N) is 4. The highest BCUT2D eigenvalue weighted by atomic mass is 16.6. The maximum Gasteiger partial charge on any atom is 0.407 e. The van der Waals surface area contributed by atoms with E-state index in [1.165, 1.54) is 6.07 Å². The van der Waals surface area contributed by atoms with Crippen LogP contribution in [0.5, 0.6) is 0 Å². The summed E-state index contributed by atoms with van der Waals surface area (Å²) < 4.78 is 9.50. The lowest BCUT2D eigenvalue weighted by molar-refractivity contribution is -0.138. The van der Waals surface area contributed by atoms with E-state index in [0.717, 1.165) is 31.8 Å². The second-order valence-electron chi connectivity index (χ2n) is 5.98. The average molecular weight is 409 g/mol. The Labute approximate surface area is 168 Å². The highest BCUT2D eigenvalue weighted by molar-refractivity contribution is 5.87. The topological polar surface area (TPSA) is 152 Å². The molecule has 0 radical (unpaired) electrons. The van der Waals surface area contributed by atoms with Crippen molar-refractivity contribution in [3.63, 3.8) is 0 Å². The number of carbonyl (C=O) groups is 3. The molecule has 11 heteroatoms. The Kier molecular flexibility index (Phi) is 11.2. The van der Waals surface area contributed by atoms with Crippen molar-refractivity contribution < 1.29 is 23.9 Å². The molecule has 0 aliphatic carbocycles. The molecule has 1 aromatic heterocycles. The molecule has 160 valence electrons. The number of H-pyrrole nitrogens is 1. The number of amides is 3. The molecule has 29 heavy (non-hydrogen) atoms. The highest BCUT2D eigenvalue weighted by Crippen LogP contribution is 1.99. The number of nitrogens with zero attached hydrogens (tertiary/aromatic N) is 1. The van der Waals surface area contributed by atoms with Gasteiger partial charge in [-0.25, -0.2) is 14.4 Å². The minimum Gasteiger partial charge on any atom is -0.459 e. The lowest BCUT2D eigenvalue weighted by Crippen LogP contribution is -2.31. The largest absolute Gasteiger partial charge is 0.459 e. The Morgan fingerprint density at radius 1 is 1.10 bits per heavy atom. The van der Waals surface area contributed by atoms with Gasteiger partial charge in [0.2, 0.25) is 5.95 Å². The number of rotatable bonds is 12. The summed E-state index contributed by atoms with van der Waals surface area (Å²) in [5.74, 6) is -0.466. The maximum absolute atomic E-state index is 11.7. The number of unbranched alkanes of at least 4 members (excludes halogenated alkanes) is 3. The molecule has 0 saturated heterocycles. The predicted octanol–water partition coefficient (Wildman–Crippen LogP) is 1.22. The van der Waals surface area contributed by atoms with E-state index in [0.29, 0.717) is 18.8 Å². The summed E-state index contributed by atoms with van der Waals surface area (Å²) in [6.07, 6.45) is 3.74. The molecule has 0 fully saturated rings. The minimum atomic E-state index is -0.569. The van der Waals surface area contributed by atoms with E-state index in [-0.39, 0.29) is 19.2 Å². The molecule has 0 spiro atoms. The van der Waals surface area contributed by atoms with Crippen molar-refractivity contribution in [3.05, 3.63) is 34.8 Å². The lowest BCUT2D eigenvalue weighted by Gasteiger charge is -2.08. The maximum atomic E-state index is 11.7. The van der Waals surface area contributed by atoms with Gasteiger partial charge in [-0.2, -0.15) is 4.98 Å². The van der Waals surface area contributed by atoms with Gasteiger partial charge in [0.15, 0.2) is 0 Å². The molecule has 3 amide bonds. The summed E-state index contributed by atoms with van der Waals surface area (Å²) in [5.41, 5.74) is 0.180. The summed E-state index contributed by atoms with van der Waals surface area (Å²) in [6.45, 7) is 5.84. The first-order chi connectivity index (χ1) is 13.9. The van der Waals surface area contributed by atoms with Gasteiger partial charge in [0, 0.05) is 30.9 Å². The van der Waals surface area contributed by atoms with Crippen molar-refractivity contribution in [2.45, 2.75) is 32.6 Å². The number of carbonyl (C=O) groups excluding carboxylic acids is 3. The normalized spacial score (nSPS) is 9.97. The summed E-state index contributed by atoms with van der Waals surface area (Å²) in [4.78, 5) is 51.6. The Morgan fingerprint density at radius 3 is 2.41 bits per heavy atom. The first-order valence-electron chi connectivity index (χ1n) is 9.23. The quantitative estimate of drug-likeness (QED) is 0.230. The molecule has 0 bridgehead atoms. The Balaban J connectivity index is 1.98. The smallest absolute Gasteiger partial charge is 0.407 e. The molecule has 1 rings (SSSR count). The summed E-state index contributed by atoms with van der Waals surface area (Å²) in [5, 5.41) is 7.74. The third kappa shape index (κ3) is 11.8. The van der Waals surface area contributed by atoms with Gasteiger partial charge in [-0.05, 0) is 19.8 Å². The van der Waals surface area contributed by atoms with Crippen LogP contribution in [0.25, 0.3) is 0 Å². The summed E-state index contributed by atoms with van der Waals surface area (Å²) in [7, 11) is 0. The number of alkyl carbamates (subject to hydrolysis) is 1. The first-order valence-corrected chi connectivity index (χ1v) is 9.23. The average Bonchev–Trinajstić information content (AvgIpc) is 2.66. The predicted molar refractivity (Wildman–Crippen MR) is 106 cm³/mol. The van der Waals surface area contributed by atoms with E-state index in [9.17, 15) is 19.2 Å². The van der Waals surface area contributed by atoms with Gasteiger partial charge in [0.1, 0.15) is 13.2 Å². The van der Waals surface area contributed by atoms with E-state index < -0.39 is 23.7 Å². The van der Waals surface area contributed by atoms with Crippen LogP contribution in [0.2, 0.25) is 0 Å². The van der Waals surface area contributed by atoms with Gasteiger partial charge in [-0.3, -0.25) is 10.1 Å². The summed E-state index contributed by atoms with van der Waals surface area (Å²) >= 11 is 0. The second kappa shape index (κ2) is 13.7. The van der Waals surface area contributed by atoms with Gasteiger partial charge in [0.05, 0.1) is 0 Å². The highest BCUT2D eigenvalue weighted by Gasteiger charge is 2.04. The Morgan fingerprint density at radius 2 is 1.76 bits per heavy atom. The van der Waals surface area contributed by atoms with Crippen LogP contribution in [0.4, 0.5) is 15.5 Å². The van der Waals surface area contributed by atoms with Crippen molar-refractivity contribution in [1.29, 1.82) is 0 Å². The van der Waals surface area contributed by atoms with Gasteiger partial charge in [-0.15, -0.1) is 0 Å². The van der Waals surface area contributed by atoms with Crippen LogP contribution in [0.1, 0.15) is 31.4 Å².